The van der Waals surface area contributed by atoms with Crippen molar-refractivity contribution in [1.29, 1.82) is 0 Å². The second-order valence-electron chi connectivity index (χ2n) is 3.61. The van der Waals surface area contributed by atoms with Gasteiger partial charge in [0.25, 0.3) is 0 Å². The summed E-state index contributed by atoms with van der Waals surface area (Å²) in [4.78, 5) is 0. The fourth-order valence-electron chi connectivity index (χ4n) is 1.62. The van der Waals surface area contributed by atoms with E-state index in [4.69, 9.17) is 10.5 Å². The van der Waals surface area contributed by atoms with Crippen molar-refractivity contribution in [3.8, 4) is 5.75 Å². The molecule has 4 nitrogen and oxygen atoms in total. The summed E-state index contributed by atoms with van der Waals surface area (Å²) in [6, 6.07) is 8.04. The summed E-state index contributed by atoms with van der Waals surface area (Å²) in [5.74, 6) is 0.927. The minimum absolute atomic E-state index is 0.465. The maximum absolute atomic E-state index is 5.50. The predicted molar refractivity (Wildman–Crippen MR) is 68.2 cm³/mol. The van der Waals surface area contributed by atoms with E-state index in [0.29, 0.717) is 6.54 Å². The van der Waals surface area contributed by atoms with E-state index in [9.17, 15) is 0 Å². The molecule has 0 aliphatic carbocycles. The summed E-state index contributed by atoms with van der Waals surface area (Å²) in [7, 11) is 1.69. The number of aryl methyl sites for hydroxylation is 2. The molecule has 0 bridgehead atoms. The third-order valence-corrected chi connectivity index (χ3v) is 3.49. The molecule has 90 valence electrons. The zero-order chi connectivity index (χ0) is 12.1. The molecule has 2 aromatic rings. The molecule has 2 N–H and O–H groups in total. The van der Waals surface area contributed by atoms with Gasteiger partial charge in [-0.15, -0.1) is 21.5 Å². The van der Waals surface area contributed by atoms with Gasteiger partial charge in [0.2, 0.25) is 0 Å². The van der Waals surface area contributed by atoms with Crippen LogP contribution in [0, 0.1) is 0 Å². The highest BCUT2D eigenvalue weighted by Crippen LogP contribution is 2.20. The van der Waals surface area contributed by atoms with Crippen LogP contribution < -0.4 is 10.5 Å². The second-order valence-corrected chi connectivity index (χ2v) is 4.75. The van der Waals surface area contributed by atoms with Gasteiger partial charge in [0.15, 0.2) is 0 Å². The standard InChI is InChI=1S/C12H15N3OS/c1-16-10-5-3-2-4-9(10)6-7-11-14-15-12(8-13)17-11/h2-5H,6-8,13H2,1H3. The molecule has 0 unspecified atom stereocenters. The number of hydrogen-bond donors (Lipinski definition) is 1. The van der Waals surface area contributed by atoms with Gasteiger partial charge in [0.05, 0.1) is 7.11 Å². The molecule has 0 spiro atoms. The Morgan fingerprint density at radius 3 is 2.65 bits per heavy atom. The minimum Gasteiger partial charge on any atom is -0.496 e. The Labute approximate surface area is 104 Å². The van der Waals surface area contributed by atoms with E-state index in [1.54, 1.807) is 18.4 Å². The molecule has 2 rings (SSSR count). The molecule has 0 atom stereocenters. The topological polar surface area (TPSA) is 61.0 Å². The second kappa shape index (κ2) is 5.75. The highest BCUT2D eigenvalue weighted by Gasteiger charge is 2.06. The van der Waals surface area contributed by atoms with Crippen LogP contribution in [0.15, 0.2) is 24.3 Å². The highest BCUT2D eigenvalue weighted by atomic mass is 32.1. The molecular formula is C12H15N3OS. The first-order valence-electron chi connectivity index (χ1n) is 5.46. The molecule has 0 fully saturated rings. The van der Waals surface area contributed by atoms with Crippen LogP contribution >= 0.6 is 11.3 Å². The van der Waals surface area contributed by atoms with E-state index >= 15 is 0 Å². The van der Waals surface area contributed by atoms with Crippen LogP contribution in [0.4, 0.5) is 0 Å². The van der Waals surface area contributed by atoms with Crippen LogP contribution in [0.1, 0.15) is 15.6 Å². The van der Waals surface area contributed by atoms with Crippen molar-refractivity contribution < 1.29 is 4.74 Å². The monoisotopic (exact) mass is 249 g/mol. The first kappa shape index (κ1) is 12.0. The lowest BCUT2D eigenvalue weighted by atomic mass is 10.1. The maximum Gasteiger partial charge on any atom is 0.131 e. The lowest BCUT2D eigenvalue weighted by Gasteiger charge is -2.06. The summed E-state index contributed by atoms with van der Waals surface area (Å²) in [5.41, 5.74) is 6.70. The van der Waals surface area contributed by atoms with E-state index in [1.165, 1.54) is 5.56 Å². The normalized spacial score (nSPS) is 10.5. The van der Waals surface area contributed by atoms with E-state index in [-0.39, 0.29) is 0 Å². The Bertz CT molecular complexity index is 484. The van der Waals surface area contributed by atoms with E-state index in [1.807, 2.05) is 18.2 Å². The van der Waals surface area contributed by atoms with Crippen molar-refractivity contribution in [2.75, 3.05) is 7.11 Å². The Morgan fingerprint density at radius 1 is 1.18 bits per heavy atom. The number of nitrogens with zero attached hydrogens (tertiary/aromatic N) is 2. The summed E-state index contributed by atoms with van der Waals surface area (Å²) >= 11 is 1.58. The molecule has 17 heavy (non-hydrogen) atoms. The Morgan fingerprint density at radius 2 is 1.94 bits per heavy atom. The number of aromatic nitrogens is 2. The van der Waals surface area contributed by atoms with E-state index < -0.39 is 0 Å². The number of hydrogen-bond acceptors (Lipinski definition) is 5. The van der Waals surface area contributed by atoms with Gasteiger partial charge in [0, 0.05) is 13.0 Å². The number of nitrogens with two attached hydrogens (primary N) is 1. The summed E-state index contributed by atoms with van der Waals surface area (Å²) in [6.45, 7) is 0.465. The maximum atomic E-state index is 5.50. The first-order chi connectivity index (χ1) is 8.33. The van der Waals surface area contributed by atoms with Gasteiger partial charge in [-0.3, -0.25) is 0 Å². The fraction of sp³-hybridized carbons (Fsp3) is 0.333. The third kappa shape index (κ3) is 3.01. The first-order valence-corrected chi connectivity index (χ1v) is 6.28. The van der Waals surface area contributed by atoms with Gasteiger partial charge >= 0.3 is 0 Å². The number of benzene rings is 1. The fourth-order valence-corrected chi connectivity index (χ4v) is 2.35. The SMILES string of the molecule is COc1ccccc1CCc1nnc(CN)s1. The third-order valence-electron chi connectivity index (χ3n) is 2.48. The summed E-state index contributed by atoms with van der Waals surface area (Å²) in [5, 5.41) is 10.0. The van der Waals surface area contributed by atoms with Gasteiger partial charge < -0.3 is 10.5 Å². The van der Waals surface area contributed by atoms with Crippen LogP contribution in [0.25, 0.3) is 0 Å². The molecule has 0 amide bonds. The van der Waals surface area contributed by atoms with Gasteiger partial charge in [-0.25, -0.2) is 0 Å². The Kier molecular flexibility index (Phi) is 4.06. The Hall–Kier alpha value is -1.46. The van der Waals surface area contributed by atoms with Crippen LogP contribution in [0.3, 0.4) is 0 Å². The zero-order valence-electron chi connectivity index (χ0n) is 9.72. The highest BCUT2D eigenvalue weighted by molar-refractivity contribution is 7.11. The van der Waals surface area contributed by atoms with Gasteiger partial charge in [-0.2, -0.15) is 0 Å². The van der Waals surface area contributed by atoms with Gasteiger partial charge in [-0.1, -0.05) is 18.2 Å². The lowest BCUT2D eigenvalue weighted by molar-refractivity contribution is 0.409. The van der Waals surface area contributed by atoms with Crippen molar-refractivity contribution in [3.63, 3.8) is 0 Å². The smallest absolute Gasteiger partial charge is 0.131 e. The molecule has 0 aliphatic rings. The van der Waals surface area contributed by atoms with Gasteiger partial charge in [-0.05, 0) is 18.1 Å². The van der Waals surface area contributed by atoms with Crippen molar-refractivity contribution >= 4 is 11.3 Å². The predicted octanol–water partition coefficient (Wildman–Crippen LogP) is 1.79. The van der Waals surface area contributed by atoms with Crippen molar-refractivity contribution in [3.05, 3.63) is 39.8 Å². The largest absolute Gasteiger partial charge is 0.496 e. The molecule has 0 saturated carbocycles. The minimum atomic E-state index is 0.465. The summed E-state index contributed by atoms with van der Waals surface area (Å²) in [6.07, 6.45) is 1.78. The quantitative estimate of drug-likeness (QED) is 0.877. The molecule has 1 aromatic heterocycles. The number of rotatable bonds is 5. The molecular weight excluding hydrogens is 234 g/mol. The van der Waals surface area contributed by atoms with Crippen LogP contribution in [0.2, 0.25) is 0 Å². The zero-order valence-corrected chi connectivity index (χ0v) is 10.5. The van der Waals surface area contributed by atoms with Gasteiger partial charge in [0.1, 0.15) is 15.8 Å². The van der Waals surface area contributed by atoms with Crippen LogP contribution in [-0.2, 0) is 19.4 Å². The lowest BCUT2D eigenvalue weighted by Crippen LogP contribution is -1.95. The van der Waals surface area contributed by atoms with Crippen LogP contribution in [-0.4, -0.2) is 17.3 Å². The number of ether oxygens (including phenoxy) is 1. The Balaban J connectivity index is 2.01. The molecule has 0 saturated heterocycles. The average molecular weight is 249 g/mol. The molecule has 1 aromatic carbocycles. The molecule has 0 radical (unpaired) electrons. The van der Waals surface area contributed by atoms with Crippen molar-refractivity contribution in [1.82, 2.24) is 10.2 Å². The number of methoxy groups -OCH3 is 1. The molecule has 0 aliphatic heterocycles. The summed E-state index contributed by atoms with van der Waals surface area (Å²) < 4.78 is 5.31. The molecule has 5 heteroatoms. The average Bonchev–Trinajstić information content (AvgIpc) is 2.84. The van der Waals surface area contributed by atoms with Crippen molar-refractivity contribution in [2.45, 2.75) is 19.4 Å². The molecule has 1 heterocycles. The van der Waals surface area contributed by atoms with Crippen molar-refractivity contribution in [2.24, 2.45) is 5.73 Å². The number of para-hydroxylation sites is 1. The van der Waals surface area contributed by atoms with E-state index in [0.717, 1.165) is 28.6 Å². The van der Waals surface area contributed by atoms with Crippen LogP contribution in [0.5, 0.6) is 5.75 Å². The van der Waals surface area contributed by atoms with E-state index in [2.05, 4.69) is 16.3 Å².